The van der Waals surface area contributed by atoms with Crippen LogP contribution in [-0.4, -0.2) is 94.5 Å². The number of unbranched alkanes of at least 4 members (excludes halogenated alkanes) is 2. The molecule has 322 valence electrons. The Balaban J connectivity index is 1.60. The third kappa shape index (κ3) is 14.8. The number of para-hydroxylation sites is 1. The fraction of sp³-hybridized carbons (Fsp3) is 0.478. The molecule has 0 unspecified atom stereocenters. The zero-order valence-electron chi connectivity index (χ0n) is 35.0. The molecule has 1 aliphatic rings. The van der Waals surface area contributed by atoms with Gasteiger partial charge in [-0.05, 0) is 55.8 Å². The van der Waals surface area contributed by atoms with Gasteiger partial charge in [-0.25, -0.2) is 10.6 Å². The number of rotatable bonds is 16. The SMILES string of the molecule is C=CCN1CC#CCN(N)C(=O)N[C@H](Cc2c[nH]c3ccccc23)C(=O)C[C@@H](C)C(=O)N[C@H](C(=O)C[C@H](Cc2ccccc2)C(=O)N[C@@H](CCCCC)C(N)=O)CCCC1. The zero-order chi connectivity index (χ0) is 43.4. The topological polar surface area (TPSA) is 213 Å². The van der Waals surface area contributed by atoms with Crippen molar-refractivity contribution in [2.24, 2.45) is 23.4 Å². The molecule has 1 aliphatic heterocycles. The van der Waals surface area contributed by atoms with E-state index in [9.17, 15) is 28.8 Å². The second-order valence-corrected chi connectivity index (χ2v) is 15.7. The van der Waals surface area contributed by atoms with Gasteiger partial charge in [0, 0.05) is 54.7 Å². The van der Waals surface area contributed by atoms with Crippen LogP contribution in [0.25, 0.3) is 10.9 Å². The normalized spacial score (nSPS) is 19.9. The molecule has 1 aromatic heterocycles. The van der Waals surface area contributed by atoms with Crippen LogP contribution >= 0.6 is 0 Å². The lowest BCUT2D eigenvalue weighted by Gasteiger charge is -2.25. The summed E-state index contributed by atoms with van der Waals surface area (Å²) < 4.78 is 0. The number of ketones is 2. The van der Waals surface area contributed by atoms with Crippen LogP contribution in [0.1, 0.15) is 82.8 Å². The molecule has 0 bridgehead atoms. The molecule has 14 heteroatoms. The summed E-state index contributed by atoms with van der Waals surface area (Å²) in [5, 5.41) is 10.3. The Labute approximate surface area is 353 Å². The molecule has 0 aliphatic carbocycles. The first-order valence-corrected chi connectivity index (χ1v) is 21.1. The number of hydrazine groups is 1. The van der Waals surface area contributed by atoms with Crippen LogP contribution in [0.4, 0.5) is 4.79 Å². The Morgan fingerprint density at radius 1 is 1.00 bits per heavy atom. The highest BCUT2D eigenvalue weighted by atomic mass is 16.2. The van der Waals surface area contributed by atoms with Crippen LogP contribution in [0.3, 0.4) is 0 Å². The number of aromatic nitrogens is 1. The fourth-order valence-electron chi connectivity index (χ4n) is 7.36. The maximum Gasteiger partial charge on any atom is 0.333 e. The Bertz CT molecular complexity index is 1990. The van der Waals surface area contributed by atoms with Gasteiger partial charge < -0.3 is 26.7 Å². The van der Waals surface area contributed by atoms with Gasteiger partial charge in [0.15, 0.2) is 11.6 Å². The molecule has 0 saturated heterocycles. The lowest BCUT2D eigenvalue weighted by molar-refractivity contribution is -0.134. The standard InChI is InChI=1S/C46H62N8O6/c1-4-6-8-22-39(43(47)57)51-45(59)34(28-33-17-9-7-10-18-33)30-42(56)38-21-13-14-24-53(23-5-2)25-15-16-26-54(48)46(60)52-40(41(55)27-32(3)44(58)50-38)29-35-31-49-37-20-12-11-19-36(35)37/h5,7,9-12,17-20,31-32,34,38-40,49H,2,4,6,8,13-14,21-30,48H2,1,3H3,(H2,47,57)(H,50,58)(H,51,59)(H,52,60)/t32-,34+,38+,39+,40-/m1/s1. The van der Waals surface area contributed by atoms with Crippen LogP contribution in [0.15, 0.2) is 73.4 Å². The maximum atomic E-state index is 14.3. The van der Waals surface area contributed by atoms with Crippen molar-refractivity contribution in [3.63, 3.8) is 0 Å². The Hall–Kier alpha value is -5.78. The average Bonchev–Trinajstić information content (AvgIpc) is 3.64. The number of nitrogens with zero attached hydrogens (tertiary/aromatic N) is 2. The smallest absolute Gasteiger partial charge is 0.333 e. The summed E-state index contributed by atoms with van der Waals surface area (Å²) in [5.74, 6) is 8.04. The highest BCUT2D eigenvalue weighted by molar-refractivity contribution is 5.96. The molecule has 2 heterocycles. The molecular formula is C46H62N8O6. The predicted molar refractivity (Wildman–Crippen MR) is 233 cm³/mol. The number of fused-ring (bicyclic) bond motifs is 1. The molecule has 5 atom stereocenters. The number of urea groups is 1. The summed E-state index contributed by atoms with van der Waals surface area (Å²) in [7, 11) is 0. The molecule has 4 rings (SSSR count). The monoisotopic (exact) mass is 822 g/mol. The number of hydrogen-bond acceptors (Lipinski definition) is 8. The molecule has 5 amide bonds. The number of hydrogen-bond donors (Lipinski definition) is 6. The maximum absolute atomic E-state index is 14.3. The lowest BCUT2D eigenvalue weighted by atomic mass is 9.89. The number of Topliss-reactive ketones (excluding diaryl/α,β-unsaturated/α-hetero) is 2. The van der Waals surface area contributed by atoms with Gasteiger partial charge >= 0.3 is 6.03 Å². The van der Waals surface area contributed by atoms with E-state index in [0.29, 0.717) is 51.7 Å². The summed E-state index contributed by atoms with van der Waals surface area (Å²) in [6, 6.07) is 13.4. The summed E-state index contributed by atoms with van der Waals surface area (Å²) in [6.45, 7) is 8.98. The molecule has 3 aromatic rings. The molecule has 0 saturated carbocycles. The Morgan fingerprint density at radius 2 is 1.73 bits per heavy atom. The number of benzene rings is 2. The molecular weight excluding hydrogens is 761 g/mol. The van der Waals surface area contributed by atoms with E-state index in [1.165, 1.54) is 0 Å². The second kappa shape index (κ2) is 24.3. The van der Waals surface area contributed by atoms with Crippen LogP contribution < -0.4 is 27.5 Å². The van der Waals surface area contributed by atoms with Gasteiger partial charge in [0.2, 0.25) is 17.7 Å². The Kier molecular flexibility index (Phi) is 19.0. The van der Waals surface area contributed by atoms with Gasteiger partial charge in [-0.3, -0.25) is 33.9 Å². The van der Waals surface area contributed by atoms with Gasteiger partial charge in [-0.15, -0.1) is 6.58 Å². The average molecular weight is 823 g/mol. The van der Waals surface area contributed by atoms with Crippen molar-refractivity contribution in [1.82, 2.24) is 30.8 Å². The largest absolute Gasteiger partial charge is 0.368 e. The number of nitrogens with one attached hydrogen (secondary N) is 4. The van der Waals surface area contributed by atoms with Gasteiger partial charge in [0.05, 0.1) is 25.2 Å². The van der Waals surface area contributed by atoms with Crippen LogP contribution in [-0.2, 0) is 36.8 Å². The third-order valence-corrected chi connectivity index (χ3v) is 10.9. The number of amides is 5. The minimum absolute atomic E-state index is 0.0737. The minimum Gasteiger partial charge on any atom is -0.368 e. The second-order valence-electron chi connectivity index (χ2n) is 15.7. The van der Waals surface area contributed by atoms with Gasteiger partial charge in [-0.2, -0.15) is 0 Å². The van der Waals surface area contributed by atoms with Crippen LogP contribution in [0.2, 0.25) is 0 Å². The van der Waals surface area contributed by atoms with E-state index >= 15 is 0 Å². The van der Waals surface area contributed by atoms with E-state index in [1.807, 2.05) is 61.5 Å². The third-order valence-electron chi connectivity index (χ3n) is 10.9. The molecule has 14 nitrogen and oxygen atoms in total. The van der Waals surface area contributed by atoms with Crippen LogP contribution in [0.5, 0.6) is 0 Å². The van der Waals surface area contributed by atoms with Crippen molar-refractivity contribution in [3.05, 3.63) is 84.6 Å². The first-order chi connectivity index (χ1) is 28.9. The molecule has 0 fully saturated rings. The Morgan fingerprint density at radius 3 is 2.47 bits per heavy atom. The molecule has 60 heavy (non-hydrogen) atoms. The van der Waals surface area contributed by atoms with Crippen molar-refractivity contribution >= 4 is 46.2 Å². The molecule has 0 spiro atoms. The number of primary amides is 1. The van der Waals surface area contributed by atoms with E-state index in [-0.39, 0.29) is 43.8 Å². The number of carbonyl (C=O) groups is 6. The highest BCUT2D eigenvalue weighted by Gasteiger charge is 2.32. The number of nitrogens with two attached hydrogens (primary N) is 2. The zero-order valence-corrected chi connectivity index (χ0v) is 35.0. The molecule has 0 radical (unpaired) electrons. The van der Waals surface area contributed by atoms with E-state index < -0.39 is 53.7 Å². The van der Waals surface area contributed by atoms with Crippen molar-refractivity contribution in [2.75, 3.05) is 26.2 Å². The van der Waals surface area contributed by atoms with E-state index in [4.69, 9.17) is 11.6 Å². The van der Waals surface area contributed by atoms with Gasteiger partial charge in [0.25, 0.3) is 0 Å². The predicted octanol–water partition coefficient (Wildman–Crippen LogP) is 4.09. The van der Waals surface area contributed by atoms with Crippen LogP contribution in [0, 0.1) is 23.7 Å². The first kappa shape index (κ1) is 46.9. The first-order valence-electron chi connectivity index (χ1n) is 21.1. The van der Waals surface area contributed by atoms with E-state index in [0.717, 1.165) is 39.9 Å². The summed E-state index contributed by atoms with van der Waals surface area (Å²) in [5.41, 5.74) is 8.20. The van der Waals surface area contributed by atoms with Crippen molar-refractivity contribution in [1.29, 1.82) is 0 Å². The van der Waals surface area contributed by atoms with Gasteiger partial charge in [0.1, 0.15) is 6.04 Å². The van der Waals surface area contributed by atoms with E-state index in [2.05, 4.69) is 44.3 Å². The lowest BCUT2D eigenvalue weighted by Crippen LogP contribution is -2.52. The number of carbonyl (C=O) groups excluding carboxylic acids is 6. The summed E-state index contributed by atoms with van der Waals surface area (Å²) >= 11 is 0. The summed E-state index contributed by atoms with van der Waals surface area (Å²) in [4.78, 5) is 87.0. The minimum atomic E-state index is -1.03. The van der Waals surface area contributed by atoms with Gasteiger partial charge in [-0.1, -0.05) is 99.6 Å². The fourth-order valence-corrected chi connectivity index (χ4v) is 7.36. The molecule has 2 aromatic carbocycles. The highest BCUT2D eigenvalue weighted by Crippen LogP contribution is 2.22. The van der Waals surface area contributed by atoms with Crippen molar-refractivity contribution in [3.8, 4) is 11.8 Å². The van der Waals surface area contributed by atoms with Crippen molar-refractivity contribution in [2.45, 2.75) is 103 Å². The van der Waals surface area contributed by atoms with E-state index in [1.54, 1.807) is 19.2 Å². The molecule has 8 N–H and O–H groups in total. The number of aromatic amines is 1. The quantitative estimate of drug-likeness (QED) is 0.0406. The number of H-pyrrole nitrogens is 1. The summed E-state index contributed by atoms with van der Waals surface area (Å²) in [6.07, 6.45) is 7.91. The van der Waals surface area contributed by atoms with Crippen molar-refractivity contribution < 1.29 is 28.8 Å².